The molecule has 14 heavy (non-hydrogen) atoms. The molecule has 0 aromatic heterocycles. The molecule has 0 heterocycles. The van der Waals surface area contributed by atoms with E-state index in [0.29, 0.717) is 19.6 Å². The van der Waals surface area contributed by atoms with E-state index in [2.05, 4.69) is 4.90 Å². The van der Waals surface area contributed by atoms with Crippen LogP contribution in [0.15, 0.2) is 0 Å². The first-order chi connectivity index (χ1) is 6.61. The molecule has 0 spiro atoms. The van der Waals surface area contributed by atoms with Crippen molar-refractivity contribution in [1.82, 2.24) is 4.90 Å². The van der Waals surface area contributed by atoms with Gasteiger partial charge in [-0.25, -0.2) is 0 Å². The van der Waals surface area contributed by atoms with Gasteiger partial charge >= 0.3 is 0 Å². The Morgan fingerprint density at radius 1 is 1.57 bits per heavy atom. The van der Waals surface area contributed by atoms with Crippen molar-refractivity contribution in [3.8, 4) is 0 Å². The van der Waals surface area contributed by atoms with Crippen molar-refractivity contribution >= 4 is 5.84 Å². The van der Waals surface area contributed by atoms with Crippen LogP contribution in [0, 0.1) is 5.41 Å². The molecular weight excluding hydrogens is 182 g/mol. The fraction of sp³-hybridized carbons (Fsp3) is 0.889. The zero-order valence-corrected chi connectivity index (χ0v) is 8.99. The van der Waals surface area contributed by atoms with Gasteiger partial charge in [-0.05, 0) is 6.92 Å². The number of aliphatic hydroxyl groups is 1. The van der Waals surface area contributed by atoms with Gasteiger partial charge in [-0.2, -0.15) is 0 Å². The molecule has 0 aromatic rings. The minimum Gasteiger partial charge on any atom is -0.395 e. The van der Waals surface area contributed by atoms with Gasteiger partial charge in [0.05, 0.1) is 19.0 Å². The van der Waals surface area contributed by atoms with E-state index in [1.165, 1.54) is 0 Å². The number of nitrogens with one attached hydrogen (secondary N) is 1. The number of nitrogens with two attached hydrogens (primary N) is 1. The highest BCUT2D eigenvalue weighted by atomic mass is 16.5. The molecule has 0 amide bonds. The van der Waals surface area contributed by atoms with Crippen molar-refractivity contribution < 1.29 is 9.84 Å². The Morgan fingerprint density at radius 3 is 2.64 bits per heavy atom. The quantitative estimate of drug-likeness (QED) is 0.372. The molecule has 0 aliphatic carbocycles. The molecule has 0 rings (SSSR count). The van der Waals surface area contributed by atoms with Crippen LogP contribution in [0.2, 0.25) is 0 Å². The highest BCUT2D eigenvalue weighted by Gasteiger charge is 2.13. The number of rotatable bonds is 8. The Bertz CT molecular complexity index is 164. The van der Waals surface area contributed by atoms with Crippen LogP contribution in [-0.4, -0.2) is 55.3 Å². The number of hydrogen-bond acceptors (Lipinski definition) is 4. The third-order valence-electron chi connectivity index (χ3n) is 2.11. The van der Waals surface area contributed by atoms with E-state index in [9.17, 15) is 0 Å². The average molecular weight is 203 g/mol. The number of nitrogens with zero attached hydrogens (tertiary/aromatic N) is 1. The fourth-order valence-corrected chi connectivity index (χ4v) is 1.34. The number of amidine groups is 1. The van der Waals surface area contributed by atoms with Gasteiger partial charge in [0.25, 0.3) is 0 Å². The van der Waals surface area contributed by atoms with Gasteiger partial charge in [-0.3, -0.25) is 10.3 Å². The molecule has 84 valence electrons. The summed E-state index contributed by atoms with van der Waals surface area (Å²) in [6.07, 6.45) is 0.531. The summed E-state index contributed by atoms with van der Waals surface area (Å²) in [5, 5.41) is 16.0. The second kappa shape index (κ2) is 7.73. The minimum atomic E-state index is 0.117. The lowest BCUT2D eigenvalue weighted by molar-refractivity contribution is 0.108. The predicted octanol–water partition coefficient (Wildman–Crippen LogP) is -0.358. The van der Waals surface area contributed by atoms with Crippen LogP contribution in [-0.2, 0) is 4.74 Å². The van der Waals surface area contributed by atoms with Gasteiger partial charge in [0.15, 0.2) is 0 Å². The minimum absolute atomic E-state index is 0.117. The first-order valence-electron chi connectivity index (χ1n) is 4.78. The standard InChI is InChI=1S/C9H21N3O2/c1-8(7-9(10)11)12(3-5-13)4-6-14-2/h8,13H,3-7H2,1-2H3,(H3,10,11). The first-order valence-corrected chi connectivity index (χ1v) is 4.78. The Kier molecular flexibility index (Phi) is 7.37. The van der Waals surface area contributed by atoms with Crippen LogP contribution in [0.1, 0.15) is 13.3 Å². The molecule has 0 radical (unpaired) electrons. The van der Waals surface area contributed by atoms with E-state index in [1.54, 1.807) is 7.11 Å². The summed E-state index contributed by atoms with van der Waals surface area (Å²) < 4.78 is 4.97. The number of aliphatic hydroxyl groups excluding tert-OH is 1. The van der Waals surface area contributed by atoms with Crippen molar-refractivity contribution in [3.63, 3.8) is 0 Å². The molecular formula is C9H21N3O2. The smallest absolute Gasteiger partial charge is 0.0920 e. The van der Waals surface area contributed by atoms with E-state index in [4.69, 9.17) is 21.0 Å². The van der Waals surface area contributed by atoms with Gasteiger partial charge in [-0.1, -0.05) is 0 Å². The number of ether oxygens (including phenoxy) is 1. The van der Waals surface area contributed by atoms with Crippen molar-refractivity contribution in [3.05, 3.63) is 0 Å². The summed E-state index contributed by atoms with van der Waals surface area (Å²) in [5.41, 5.74) is 5.32. The fourth-order valence-electron chi connectivity index (χ4n) is 1.34. The summed E-state index contributed by atoms with van der Waals surface area (Å²) in [6.45, 7) is 4.09. The third kappa shape index (κ3) is 5.90. The highest BCUT2D eigenvalue weighted by molar-refractivity contribution is 5.77. The normalized spacial score (nSPS) is 13.1. The zero-order chi connectivity index (χ0) is 11.0. The molecule has 0 aromatic carbocycles. The Hall–Kier alpha value is -0.650. The lowest BCUT2D eigenvalue weighted by atomic mass is 10.2. The summed E-state index contributed by atoms with van der Waals surface area (Å²) in [6, 6.07) is 0.176. The van der Waals surface area contributed by atoms with Crippen LogP contribution in [0.4, 0.5) is 0 Å². The van der Waals surface area contributed by atoms with Gasteiger partial charge in [0.2, 0.25) is 0 Å². The van der Waals surface area contributed by atoms with E-state index < -0.39 is 0 Å². The lowest BCUT2D eigenvalue weighted by Gasteiger charge is -2.27. The molecule has 0 fully saturated rings. The SMILES string of the molecule is COCCN(CCO)C(C)CC(=N)N. The Morgan fingerprint density at radius 2 is 2.21 bits per heavy atom. The first kappa shape index (κ1) is 13.4. The Labute approximate surface area is 85.4 Å². The summed E-state index contributed by atoms with van der Waals surface area (Å²) in [7, 11) is 1.65. The predicted molar refractivity (Wildman–Crippen MR) is 56.5 cm³/mol. The lowest BCUT2D eigenvalue weighted by Crippen LogP contribution is -2.39. The van der Waals surface area contributed by atoms with Crippen molar-refractivity contribution in [2.45, 2.75) is 19.4 Å². The maximum absolute atomic E-state index is 8.85. The summed E-state index contributed by atoms with van der Waals surface area (Å²) >= 11 is 0. The van der Waals surface area contributed by atoms with E-state index in [0.717, 1.165) is 6.54 Å². The number of hydrogen-bond donors (Lipinski definition) is 3. The maximum Gasteiger partial charge on any atom is 0.0920 e. The average Bonchev–Trinajstić information content (AvgIpc) is 2.10. The van der Waals surface area contributed by atoms with E-state index in [-0.39, 0.29) is 18.5 Å². The molecule has 5 nitrogen and oxygen atoms in total. The van der Waals surface area contributed by atoms with Crippen LogP contribution in [0.3, 0.4) is 0 Å². The molecule has 0 aliphatic rings. The zero-order valence-electron chi connectivity index (χ0n) is 8.99. The van der Waals surface area contributed by atoms with Gasteiger partial charge in [0.1, 0.15) is 0 Å². The number of methoxy groups -OCH3 is 1. The second-order valence-electron chi connectivity index (χ2n) is 3.33. The maximum atomic E-state index is 8.85. The van der Waals surface area contributed by atoms with E-state index >= 15 is 0 Å². The van der Waals surface area contributed by atoms with Crippen molar-refractivity contribution in [2.75, 3.05) is 33.4 Å². The molecule has 1 atom stereocenters. The van der Waals surface area contributed by atoms with Gasteiger partial charge in [-0.15, -0.1) is 0 Å². The highest BCUT2D eigenvalue weighted by Crippen LogP contribution is 2.02. The molecule has 0 saturated carbocycles. The van der Waals surface area contributed by atoms with Crippen LogP contribution < -0.4 is 5.73 Å². The summed E-state index contributed by atoms with van der Waals surface area (Å²) in [5.74, 6) is 0.179. The van der Waals surface area contributed by atoms with Crippen LogP contribution in [0.5, 0.6) is 0 Å². The molecule has 4 N–H and O–H groups in total. The van der Waals surface area contributed by atoms with Gasteiger partial charge in [0, 0.05) is 32.7 Å². The van der Waals surface area contributed by atoms with Crippen molar-refractivity contribution in [2.24, 2.45) is 5.73 Å². The van der Waals surface area contributed by atoms with E-state index in [1.807, 2.05) is 6.92 Å². The van der Waals surface area contributed by atoms with Gasteiger partial charge < -0.3 is 15.6 Å². The third-order valence-corrected chi connectivity index (χ3v) is 2.11. The molecule has 0 aliphatic heterocycles. The second-order valence-corrected chi connectivity index (χ2v) is 3.33. The summed E-state index contributed by atoms with van der Waals surface area (Å²) in [4.78, 5) is 2.06. The molecule has 0 saturated heterocycles. The molecule has 0 bridgehead atoms. The monoisotopic (exact) mass is 203 g/mol. The molecule has 5 heteroatoms. The molecule has 1 unspecified atom stereocenters. The topological polar surface area (TPSA) is 82.6 Å². The van der Waals surface area contributed by atoms with Crippen molar-refractivity contribution in [1.29, 1.82) is 5.41 Å². The largest absolute Gasteiger partial charge is 0.395 e. The van der Waals surface area contributed by atoms with Crippen LogP contribution in [0.25, 0.3) is 0 Å². The van der Waals surface area contributed by atoms with Crippen LogP contribution >= 0.6 is 0 Å². The Balaban J connectivity index is 3.96.